The molecular formula is C20H18F8O6S2. The molecule has 0 aromatic heterocycles. The van der Waals surface area contributed by atoms with Crippen LogP contribution >= 0.6 is 0 Å². The summed E-state index contributed by atoms with van der Waals surface area (Å²) in [7, 11) is -10.3. The first kappa shape index (κ1) is 29.9. The highest BCUT2D eigenvalue weighted by molar-refractivity contribution is 7.87. The van der Waals surface area contributed by atoms with E-state index >= 15 is 0 Å². The van der Waals surface area contributed by atoms with E-state index in [1.54, 1.807) is 0 Å². The van der Waals surface area contributed by atoms with Gasteiger partial charge in [-0.3, -0.25) is 8.37 Å². The van der Waals surface area contributed by atoms with E-state index in [4.69, 9.17) is 0 Å². The number of benzene rings is 2. The van der Waals surface area contributed by atoms with Gasteiger partial charge in [0.05, 0.1) is 9.79 Å². The lowest BCUT2D eigenvalue weighted by atomic mass is 9.99. The van der Waals surface area contributed by atoms with Crippen LogP contribution in [0.1, 0.15) is 11.1 Å². The highest BCUT2D eigenvalue weighted by Crippen LogP contribution is 2.53. The lowest BCUT2D eigenvalue weighted by Gasteiger charge is -2.36. The van der Waals surface area contributed by atoms with Gasteiger partial charge in [0.15, 0.2) is 0 Å². The molecule has 36 heavy (non-hydrogen) atoms. The maximum absolute atomic E-state index is 14.0. The van der Waals surface area contributed by atoms with Crippen molar-refractivity contribution < 1.29 is 60.3 Å². The Balaban J connectivity index is 2.22. The van der Waals surface area contributed by atoms with Crippen molar-refractivity contribution in [3.05, 3.63) is 59.7 Å². The van der Waals surface area contributed by atoms with E-state index in [2.05, 4.69) is 8.37 Å². The summed E-state index contributed by atoms with van der Waals surface area (Å²) in [6.07, 6.45) is 0. The van der Waals surface area contributed by atoms with Gasteiger partial charge in [0.2, 0.25) is 0 Å². The van der Waals surface area contributed by atoms with Gasteiger partial charge >= 0.3 is 23.7 Å². The van der Waals surface area contributed by atoms with Crippen molar-refractivity contribution in [2.24, 2.45) is 0 Å². The summed E-state index contributed by atoms with van der Waals surface area (Å²) < 4.78 is 167. The van der Waals surface area contributed by atoms with Crippen LogP contribution in [0.25, 0.3) is 0 Å². The second-order valence-corrected chi connectivity index (χ2v) is 10.8. The molecule has 0 saturated heterocycles. The van der Waals surface area contributed by atoms with Gasteiger partial charge in [-0.05, 0) is 38.1 Å². The molecule has 6 nitrogen and oxygen atoms in total. The summed E-state index contributed by atoms with van der Waals surface area (Å²) in [5, 5.41) is 0. The second kappa shape index (κ2) is 9.87. The average molecular weight is 570 g/mol. The predicted molar refractivity (Wildman–Crippen MR) is 108 cm³/mol. The predicted octanol–water partition coefficient (Wildman–Crippen LogP) is 4.96. The van der Waals surface area contributed by atoms with E-state index in [0.29, 0.717) is 11.1 Å². The minimum atomic E-state index is -6.91. The van der Waals surface area contributed by atoms with Crippen LogP contribution in [-0.2, 0) is 28.6 Å². The first-order valence-electron chi connectivity index (χ1n) is 9.60. The summed E-state index contributed by atoms with van der Waals surface area (Å²) in [6, 6.07) is 8.10. The Morgan fingerprint density at radius 1 is 0.556 bits per heavy atom. The number of halogens is 8. The van der Waals surface area contributed by atoms with Gasteiger partial charge in [0.1, 0.15) is 13.2 Å². The number of hydrogen-bond acceptors (Lipinski definition) is 6. The lowest BCUT2D eigenvalue weighted by Crippen LogP contribution is -2.64. The number of aryl methyl sites for hydroxylation is 2. The molecule has 0 spiro atoms. The Kier molecular flexibility index (Phi) is 8.21. The molecule has 2 rings (SSSR count). The van der Waals surface area contributed by atoms with Gasteiger partial charge in [-0.15, -0.1) is 0 Å². The third kappa shape index (κ3) is 5.98. The molecule has 0 saturated carbocycles. The van der Waals surface area contributed by atoms with Gasteiger partial charge < -0.3 is 0 Å². The molecule has 0 bridgehead atoms. The van der Waals surface area contributed by atoms with Gasteiger partial charge in [0.25, 0.3) is 20.2 Å². The molecule has 0 aliphatic rings. The molecule has 2 aromatic rings. The molecule has 0 heterocycles. The number of alkyl halides is 8. The van der Waals surface area contributed by atoms with Gasteiger partial charge in [-0.25, -0.2) is 0 Å². The summed E-state index contributed by atoms with van der Waals surface area (Å²) in [4.78, 5) is -1.59. The molecule has 202 valence electrons. The quantitative estimate of drug-likeness (QED) is 0.281. The molecular weight excluding hydrogens is 552 g/mol. The first-order valence-corrected chi connectivity index (χ1v) is 12.4. The van der Waals surface area contributed by atoms with E-state index < -0.39 is 66.9 Å². The van der Waals surface area contributed by atoms with Crippen molar-refractivity contribution >= 4 is 20.2 Å². The Hall–Kier alpha value is -2.30. The molecule has 0 aliphatic carbocycles. The highest BCUT2D eigenvalue weighted by atomic mass is 32.2. The molecule has 0 unspecified atom stereocenters. The van der Waals surface area contributed by atoms with Crippen LogP contribution in [0.15, 0.2) is 58.3 Å². The minimum Gasteiger partial charge on any atom is -0.260 e. The lowest BCUT2D eigenvalue weighted by molar-refractivity contribution is -0.371. The van der Waals surface area contributed by atoms with Crippen molar-refractivity contribution in [2.45, 2.75) is 47.3 Å². The average Bonchev–Trinajstić information content (AvgIpc) is 2.77. The van der Waals surface area contributed by atoms with Crippen molar-refractivity contribution in [1.29, 1.82) is 0 Å². The van der Waals surface area contributed by atoms with Crippen molar-refractivity contribution in [3.63, 3.8) is 0 Å². The van der Waals surface area contributed by atoms with Crippen LogP contribution in [-0.4, -0.2) is 53.7 Å². The number of rotatable bonds is 11. The molecule has 0 atom stereocenters. The van der Waals surface area contributed by atoms with E-state index in [9.17, 15) is 52.0 Å². The summed E-state index contributed by atoms with van der Waals surface area (Å²) in [5.74, 6) is -26.1. The maximum Gasteiger partial charge on any atom is 0.380 e. The fraction of sp³-hybridized carbons (Fsp3) is 0.400. The molecule has 0 fully saturated rings. The van der Waals surface area contributed by atoms with Crippen LogP contribution in [0.2, 0.25) is 0 Å². The van der Waals surface area contributed by atoms with Crippen molar-refractivity contribution in [1.82, 2.24) is 0 Å². The Bertz CT molecular complexity index is 1170. The summed E-state index contributed by atoms with van der Waals surface area (Å²) in [5.41, 5.74) is 1.03. The monoisotopic (exact) mass is 570 g/mol. The molecule has 0 amide bonds. The fourth-order valence-corrected chi connectivity index (χ4v) is 4.31. The summed E-state index contributed by atoms with van der Waals surface area (Å²) in [6.45, 7) is -2.82. The van der Waals surface area contributed by atoms with Gasteiger partial charge in [-0.1, -0.05) is 35.4 Å². The molecule has 16 heteroatoms. The standard InChI is InChI=1S/C20H18F8O6S2/c1-13-3-7-15(8-4-13)35(29,30)33-11-17(21,22)19(25,26)20(27,28)18(23,24)12-34-36(31,32)16-9-5-14(2)6-10-16/h3-10H,11-12H2,1-2H3. The molecule has 0 radical (unpaired) electrons. The summed E-state index contributed by atoms with van der Waals surface area (Å²) >= 11 is 0. The Labute approximate surface area is 201 Å². The van der Waals surface area contributed by atoms with Crippen LogP contribution < -0.4 is 0 Å². The maximum atomic E-state index is 14.0. The first-order chi connectivity index (χ1) is 16.2. The van der Waals surface area contributed by atoms with Crippen molar-refractivity contribution in [3.8, 4) is 0 Å². The van der Waals surface area contributed by atoms with Crippen LogP contribution in [0.3, 0.4) is 0 Å². The zero-order valence-corrected chi connectivity index (χ0v) is 20.0. The SMILES string of the molecule is Cc1ccc(S(=O)(=O)OCC(F)(F)C(F)(F)C(F)(F)C(F)(F)COS(=O)(=O)c2ccc(C)cc2)cc1. The fourth-order valence-electron chi connectivity index (χ4n) is 2.49. The highest BCUT2D eigenvalue weighted by Gasteiger charge is 2.80. The third-order valence-corrected chi connectivity index (χ3v) is 7.28. The second-order valence-electron chi connectivity index (χ2n) is 7.62. The van der Waals surface area contributed by atoms with Crippen molar-refractivity contribution in [2.75, 3.05) is 13.2 Å². The van der Waals surface area contributed by atoms with Crippen LogP contribution in [0.5, 0.6) is 0 Å². The molecule has 2 aromatic carbocycles. The Morgan fingerprint density at radius 2 is 0.806 bits per heavy atom. The van der Waals surface area contributed by atoms with E-state index in [1.165, 1.54) is 38.1 Å². The molecule has 0 aliphatic heterocycles. The van der Waals surface area contributed by atoms with Crippen LogP contribution in [0.4, 0.5) is 35.1 Å². The van der Waals surface area contributed by atoms with Crippen LogP contribution in [0, 0.1) is 13.8 Å². The van der Waals surface area contributed by atoms with E-state index in [0.717, 1.165) is 24.3 Å². The smallest absolute Gasteiger partial charge is 0.260 e. The zero-order chi connectivity index (χ0) is 27.8. The molecule has 0 N–H and O–H groups in total. The topological polar surface area (TPSA) is 86.7 Å². The normalized spacial score (nSPS) is 14.2. The van der Waals surface area contributed by atoms with Gasteiger partial charge in [-0.2, -0.15) is 52.0 Å². The third-order valence-electron chi connectivity index (χ3n) is 4.72. The minimum absolute atomic E-state index is 0.513. The van der Waals surface area contributed by atoms with E-state index in [1.807, 2.05) is 0 Å². The van der Waals surface area contributed by atoms with Gasteiger partial charge in [0, 0.05) is 0 Å². The largest absolute Gasteiger partial charge is 0.380 e. The Morgan fingerprint density at radius 3 is 1.06 bits per heavy atom. The number of hydrogen-bond donors (Lipinski definition) is 0. The van der Waals surface area contributed by atoms with E-state index in [-0.39, 0.29) is 0 Å². The zero-order valence-electron chi connectivity index (χ0n) is 18.3.